The Morgan fingerprint density at radius 3 is 2.72 bits per heavy atom. The van der Waals surface area contributed by atoms with Crippen LogP contribution in [-0.2, 0) is 6.54 Å². The zero-order valence-corrected chi connectivity index (χ0v) is 17.0. The number of nitrogens with one attached hydrogen (secondary N) is 1. The lowest BCUT2D eigenvalue weighted by molar-refractivity contribution is 0.0696. The fourth-order valence-electron chi connectivity index (χ4n) is 3.48. The molecule has 0 saturated carbocycles. The molecule has 1 amide bonds. The van der Waals surface area contributed by atoms with E-state index in [9.17, 15) is 14.7 Å². The van der Waals surface area contributed by atoms with Crippen LogP contribution >= 0.6 is 0 Å². The normalized spacial score (nSPS) is 14.6. The van der Waals surface area contributed by atoms with E-state index in [4.69, 9.17) is 5.73 Å². The van der Waals surface area contributed by atoms with E-state index >= 15 is 0 Å². The van der Waals surface area contributed by atoms with Crippen LogP contribution in [0.1, 0.15) is 51.4 Å². The minimum absolute atomic E-state index is 0.0350. The van der Waals surface area contributed by atoms with Crippen LogP contribution in [0.4, 0.5) is 5.82 Å². The quantitative estimate of drug-likeness (QED) is 0.350. The zero-order chi connectivity index (χ0) is 22.5. The monoisotopic (exact) mass is 439 g/mol. The fourth-order valence-corrected chi connectivity index (χ4v) is 3.48. The van der Waals surface area contributed by atoms with E-state index in [2.05, 4.69) is 40.7 Å². The average Bonchev–Trinajstić information content (AvgIpc) is 3.40. The summed E-state index contributed by atoms with van der Waals surface area (Å²) >= 11 is 0. The van der Waals surface area contributed by atoms with Crippen molar-refractivity contribution in [2.24, 2.45) is 5.10 Å². The van der Waals surface area contributed by atoms with Crippen LogP contribution in [0.25, 0.3) is 5.82 Å². The molecule has 2 aromatic heterocycles. The Morgan fingerprint density at radius 2 is 2.00 bits per heavy atom. The summed E-state index contributed by atoms with van der Waals surface area (Å²) < 4.78 is 5.78. The number of hydrogen-bond acceptors (Lipinski definition) is 10. The van der Waals surface area contributed by atoms with Crippen molar-refractivity contribution in [2.45, 2.75) is 25.8 Å². The van der Waals surface area contributed by atoms with Gasteiger partial charge < -0.3 is 10.8 Å². The maximum atomic E-state index is 13.0. The largest absolute Gasteiger partial charge is 0.478 e. The first kappa shape index (κ1) is 21.1. The highest BCUT2D eigenvalue weighted by Gasteiger charge is 2.26. The number of aromatic nitrogens is 5. The molecule has 4 rings (SSSR count). The number of carbonyl (C=O) groups excluding carboxylic acids is 1. The van der Waals surface area contributed by atoms with Crippen molar-refractivity contribution in [3.63, 3.8) is 0 Å². The van der Waals surface area contributed by atoms with Crippen molar-refractivity contribution in [1.82, 2.24) is 35.6 Å². The van der Waals surface area contributed by atoms with Crippen LogP contribution in [0.15, 0.2) is 34.0 Å². The third kappa shape index (κ3) is 4.46. The average molecular weight is 439 g/mol. The summed E-state index contributed by atoms with van der Waals surface area (Å²) in [5.41, 5.74) is 9.08. The highest BCUT2D eigenvalue weighted by atomic mass is 16.6. The van der Waals surface area contributed by atoms with Gasteiger partial charge in [0.05, 0.1) is 11.8 Å². The molecule has 1 aliphatic rings. The molecule has 3 aromatic rings. The molecule has 1 aliphatic heterocycles. The number of hydrazone groups is 1. The van der Waals surface area contributed by atoms with E-state index in [1.165, 1.54) is 18.7 Å². The summed E-state index contributed by atoms with van der Waals surface area (Å²) in [5, 5.41) is 28.6. The minimum Gasteiger partial charge on any atom is -0.478 e. The molecule has 1 fully saturated rings. The van der Waals surface area contributed by atoms with Crippen LogP contribution in [0.3, 0.4) is 0 Å². The van der Waals surface area contributed by atoms with E-state index in [-0.39, 0.29) is 22.9 Å². The first-order valence-electron chi connectivity index (χ1n) is 9.95. The Morgan fingerprint density at radius 1 is 1.22 bits per heavy atom. The molecule has 4 N–H and O–H groups in total. The summed E-state index contributed by atoms with van der Waals surface area (Å²) in [6.07, 6.45) is 4.57. The van der Waals surface area contributed by atoms with Crippen molar-refractivity contribution < 1.29 is 19.3 Å². The molecule has 0 radical (unpaired) electrons. The summed E-state index contributed by atoms with van der Waals surface area (Å²) in [4.78, 5) is 26.6. The van der Waals surface area contributed by atoms with Crippen LogP contribution in [0.5, 0.6) is 0 Å². The number of anilines is 1. The standard InChI is InChI=1S/C19H21N9O4/c20-16-17(25-32-24-16)28-15(14(22-26-28)11-27-8-4-1-5-9-27)18(29)23-21-10-12-6-2-3-7-13(12)19(30)31/h2-3,6-7,10H,1,4-5,8-9,11H2,(H2,20,24)(H,23,29)(H,30,31)/b21-10+. The van der Waals surface area contributed by atoms with Crippen LogP contribution in [-0.4, -0.2) is 66.5 Å². The Bertz CT molecular complexity index is 1150. The Labute approximate surface area is 181 Å². The first-order chi connectivity index (χ1) is 15.5. The molecule has 3 heterocycles. The van der Waals surface area contributed by atoms with Crippen molar-refractivity contribution in [2.75, 3.05) is 18.8 Å². The lowest BCUT2D eigenvalue weighted by Crippen LogP contribution is -2.31. The maximum Gasteiger partial charge on any atom is 0.336 e. The van der Waals surface area contributed by atoms with Crippen molar-refractivity contribution >= 4 is 23.9 Å². The SMILES string of the molecule is Nc1nonc1-n1nnc(CN2CCCCC2)c1C(=O)N/N=C/c1ccccc1C(=O)O. The number of carboxylic acids is 1. The Kier molecular flexibility index (Phi) is 6.17. The van der Waals surface area contributed by atoms with E-state index in [0.717, 1.165) is 30.6 Å². The third-order valence-corrected chi connectivity index (χ3v) is 5.03. The summed E-state index contributed by atoms with van der Waals surface area (Å²) in [5.74, 6) is -1.73. The number of nitrogens with zero attached hydrogens (tertiary/aromatic N) is 7. The second kappa shape index (κ2) is 9.34. The molecule has 1 aromatic carbocycles. The molecule has 13 heteroatoms. The summed E-state index contributed by atoms with van der Waals surface area (Å²) in [6.45, 7) is 2.21. The minimum atomic E-state index is -1.10. The highest BCUT2D eigenvalue weighted by molar-refractivity contribution is 5.99. The number of aromatic carboxylic acids is 1. The van der Waals surface area contributed by atoms with Gasteiger partial charge in [-0.2, -0.15) is 9.78 Å². The lowest BCUT2D eigenvalue weighted by Gasteiger charge is -2.25. The van der Waals surface area contributed by atoms with Crippen LogP contribution in [0.2, 0.25) is 0 Å². The van der Waals surface area contributed by atoms with E-state index in [1.54, 1.807) is 18.2 Å². The number of piperidine rings is 1. The molecular weight excluding hydrogens is 418 g/mol. The van der Waals surface area contributed by atoms with Gasteiger partial charge in [-0.15, -0.1) is 5.10 Å². The smallest absolute Gasteiger partial charge is 0.336 e. The second-order valence-electron chi connectivity index (χ2n) is 7.20. The number of nitrogen functional groups attached to an aromatic ring is 1. The van der Waals surface area contributed by atoms with Gasteiger partial charge in [-0.1, -0.05) is 29.8 Å². The van der Waals surface area contributed by atoms with Gasteiger partial charge >= 0.3 is 5.97 Å². The Hall–Kier alpha value is -4.13. The van der Waals surface area contributed by atoms with Gasteiger partial charge in [0.15, 0.2) is 5.69 Å². The predicted molar refractivity (Wildman–Crippen MR) is 111 cm³/mol. The van der Waals surface area contributed by atoms with Crippen LogP contribution in [0, 0.1) is 0 Å². The topological polar surface area (TPSA) is 178 Å². The van der Waals surface area contributed by atoms with E-state index < -0.39 is 11.9 Å². The second-order valence-corrected chi connectivity index (χ2v) is 7.20. The predicted octanol–water partition coefficient (Wildman–Crippen LogP) is 0.681. The number of nitrogens with two attached hydrogens (primary N) is 1. The third-order valence-electron chi connectivity index (χ3n) is 5.03. The number of carboxylic acid groups (broad SMARTS) is 1. The van der Waals surface area contributed by atoms with E-state index in [1.807, 2.05) is 0 Å². The van der Waals surface area contributed by atoms with Gasteiger partial charge in [-0.05, 0) is 42.3 Å². The number of carbonyl (C=O) groups is 2. The molecule has 32 heavy (non-hydrogen) atoms. The highest BCUT2D eigenvalue weighted by Crippen LogP contribution is 2.19. The van der Waals surface area contributed by atoms with Gasteiger partial charge in [0.1, 0.15) is 5.69 Å². The molecule has 0 atom stereocenters. The summed E-state index contributed by atoms with van der Waals surface area (Å²) in [7, 11) is 0. The lowest BCUT2D eigenvalue weighted by atomic mass is 10.1. The number of hydrogen-bond donors (Lipinski definition) is 3. The molecule has 166 valence electrons. The number of benzene rings is 1. The first-order valence-corrected chi connectivity index (χ1v) is 9.95. The molecular formula is C19H21N9O4. The molecule has 0 bridgehead atoms. The van der Waals surface area contributed by atoms with Crippen molar-refractivity contribution in [1.29, 1.82) is 0 Å². The Balaban J connectivity index is 1.60. The molecule has 0 spiro atoms. The van der Waals surface area contributed by atoms with Gasteiger partial charge in [-0.3, -0.25) is 9.69 Å². The number of amides is 1. The zero-order valence-electron chi connectivity index (χ0n) is 17.0. The molecule has 0 aliphatic carbocycles. The van der Waals surface area contributed by atoms with Crippen molar-refractivity contribution in [3.8, 4) is 5.82 Å². The van der Waals surface area contributed by atoms with Crippen molar-refractivity contribution in [3.05, 3.63) is 46.8 Å². The molecule has 13 nitrogen and oxygen atoms in total. The van der Waals surface area contributed by atoms with Gasteiger partial charge in [-0.25, -0.2) is 14.8 Å². The maximum absolute atomic E-state index is 13.0. The van der Waals surface area contributed by atoms with E-state index in [0.29, 0.717) is 17.8 Å². The molecule has 1 saturated heterocycles. The summed E-state index contributed by atoms with van der Waals surface area (Å²) in [6, 6.07) is 6.30. The van der Waals surface area contributed by atoms with Crippen LogP contribution < -0.4 is 11.2 Å². The van der Waals surface area contributed by atoms with Gasteiger partial charge in [0, 0.05) is 12.1 Å². The fraction of sp³-hybridized carbons (Fsp3) is 0.316. The van der Waals surface area contributed by atoms with Gasteiger partial charge in [0.25, 0.3) is 5.91 Å². The van der Waals surface area contributed by atoms with Gasteiger partial charge in [0.2, 0.25) is 11.6 Å². The number of likely N-dealkylation sites (tertiary alicyclic amines) is 1. The number of rotatable bonds is 7. The molecule has 0 unspecified atom stereocenters.